The number of anilines is 2. The molecule has 0 aliphatic carbocycles. The Morgan fingerprint density at radius 1 is 0.700 bits per heavy atom. The second-order valence-corrected chi connectivity index (χ2v) is 10.6. The van der Waals surface area contributed by atoms with Gasteiger partial charge in [-0.1, -0.05) is 29.3 Å². The number of rotatable bonds is 6. The van der Waals surface area contributed by atoms with Gasteiger partial charge in [-0.15, -0.1) is 0 Å². The molecule has 1 aromatic heterocycles. The third-order valence-electron chi connectivity index (χ3n) is 4.11. The summed E-state index contributed by atoms with van der Waals surface area (Å²) in [5.41, 5.74) is 1.21. The van der Waals surface area contributed by atoms with Crippen LogP contribution < -0.4 is 9.44 Å². The number of nitrogens with one attached hydrogen (secondary N) is 2. The van der Waals surface area contributed by atoms with E-state index in [2.05, 4.69) is 14.4 Å². The van der Waals surface area contributed by atoms with Crippen LogP contribution >= 0.6 is 23.2 Å². The molecule has 0 bridgehead atoms. The average Bonchev–Trinajstić information content (AvgIpc) is 2.65. The highest BCUT2D eigenvalue weighted by Crippen LogP contribution is 2.23. The standard InChI is InChI=1S/C19H17Cl2N3O4S2/c1-12-10-14(6-8-16(12)20)29(25,26)23-18-4-3-5-19(22-18)24-30(27,28)15-7-9-17(21)13(2)11-15/h3-11H,1-2H3,(H2,22,23,24). The van der Waals surface area contributed by atoms with Crippen molar-refractivity contribution in [3.63, 3.8) is 0 Å². The molecule has 0 saturated carbocycles. The SMILES string of the molecule is Cc1cc(S(=O)(=O)Nc2cccc(NS(=O)(=O)c3ccc(Cl)c(C)c3)n2)ccc1Cl. The summed E-state index contributed by atoms with van der Waals surface area (Å²) < 4.78 is 55.1. The number of hydrogen-bond acceptors (Lipinski definition) is 5. The highest BCUT2D eigenvalue weighted by Gasteiger charge is 2.18. The van der Waals surface area contributed by atoms with Crippen LogP contribution in [0.25, 0.3) is 0 Å². The minimum atomic E-state index is -3.94. The van der Waals surface area contributed by atoms with E-state index in [1.165, 1.54) is 54.6 Å². The third kappa shape index (κ3) is 5.04. The van der Waals surface area contributed by atoms with Crippen LogP contribution in [0.5, 0.6) is 0 Å². The first-order valence-corrected chi connectivity index (χ1v) is 12.3. The molecule has 2 aromatic carbocycles. The molecular formula is C19H17Cl2N3O4S2. The molecule has 0 amide bonds. The molecule has 0 unspecified atom stereocenters. The molecule has 1 heterocycles. The molecule has 0 atom stereocenters. The summed E-state index contributed by atoms with van der Waals surface area (Å²) in [6.07, 6.45) is 0. The molecule has 0 fully saturated rings. The monoisotopic (exact) mass is 485 g/mol. The van der Waals surface area contributed by atoms with Gasteiger partial charge in [0.05, 0.1) is 9.79 Å². The van der Waals surface area contributed by atoms with E-state index in [0.29, 0.717) is 21.2 Å². The van der Waals surface area contributed by atoms with E-state index in [0.717, 1.165) is 0 Å². The summed E-state index contributed by atoms with van der Waals surface area (Å²) in [4.78, 5) is 4.06. The number of nitrogens with zero attached hydrogens (tertiary/aromatic N) is 1. The van der Waals surface area contributed by atoms with Crippen LogP contribution in [0.4, 0.5) is 11.6 Å². The van der Waals surface area contributed by atoms with Gasteiger partial charge in [0, 0.05) is 10.0 Å². The summed E-state index contributed by atoms with van der Waals surface area (Å²) in [6, 6.07) is 12.9. The summed E-state index contributed by atoms with van der Waals surface area (Å²) in [5, 5.41) is 0.891. The number of pyridine rings is 1. The molecule has 7 nitrogen and oxygen atoms in total. The van der Waals surface area contributed by atoms with Crippen LogP contribution in [0.3, 0.4) is 0 Å². The zero-order valence-electron chi connectivity index (χ0n) is 15.8. The largest absolute Gasteiger partial charge is 0.263 e. The van der Waals surface area contributed by atoms with Crippen molar-refractivity contribution in [1.82, 2.24) is 4.98 Å². The minimum Gasteiger partial charge on any atom is -0.263 e. The topological polar surface area (TPSA) is 105 Å². The lowest BCUT2D eigenvalue weighted by Gasteiger charge is -2.11. The highest BCUT2D eigenvalue weighted by atomic mass is 35.5. The summed E-state index contributed by atoms with van der Waals surface area (Å²) >= 11 is 11.9. The van der Waals surface area contributed by atoms with Gasteiger partial charge < -0.3 is 0 Å². The van der Waals surface area contributed by atoms with Gasteiger partial charge in [0.15, 0.2) is 0 Å². The van der Waals surface area contributed by atoms with Gasteiger partial charge in [-0.05, 0) is 73.5 Å². The maximum absolute atomic E-state index is 12.6. The van der Waals surface area contributed by atoms with Crippen molar-refractivity contribution in [1.29, 1.82) is 0 Å². The highest BCUT2D eigenvalue weighted by molar-refractivity contribution is 7.93. The third-order valence-corrected chi connectivity index (χ3v) is 7.66. The average molecular weight is 486 g/mol. The normalized spacial score (nSPS) is 11.9. The Hall–Kier alpha value is -2.33. The summed E-state index contributed by atoms with van der Waals surface area (Å²) in [5.74, 6) is -0.0924. The number of aryl methyl sites for hydroxylation is 2. The Morgan fingerprint density at radius 3 is 1.47 bits per heavy atom. The molecule has 30 heavy (non-hydrogen) atoms. The fourth-order valence-corrected chi connectivity index (χ4v) is 4.92. The fourth-order valence-electron chi connectivity index (χ4n) is 2.51. The summed E-state index contributed by atoms with van der Waals surface area (Å²) in [6.45, 7) is 3.38. The fraction of sp³-hybridized carbons (Fsp3) is 0.105. The van der Waals surface area contributed by atoms with Crippen molar-refractivity contribution in [2.75, 3.05) is 9.44 Å². The van der Waals surface area contributed by atoms with Gasteiger partial charge >= 0.3 is 0 Å². The van der Waals surface area contributed by atoms with E-state index >= 15 is 0 Å². The molecule has 3 aromatic rings. The lowest BCUT2D eigenvalue weighted by Crippen LogP contribution is -2.17. The number of halogens is 2. The molecule has 0 saturated heterocycles. The van der Waals surface area contributed by atoms with E-state index in [9.17, 15) is 16.8 Å². The number of aromatic nitrogens is 1. The summed E-state index contributed by atoms with van der Waals surface area (Å²) in [7, 11) is -7.88. The van der Waals surface area contributed by atoms with E-state index < -0.39 is 20.0 Å². The maximum atomic E-state index is 12.6. The molecule has 3 rings (SSSR count). The first-order valence-electron chi connectivity index (χ1n) is 8.53. The quantitative estimate of drug-likeness (QED) is 0.530. The second kappa shape index (κ2) is 8.43. The number of benzene rings is 2. The number of hydrogen-bond donors (Lipinski definition) is 2. The first-order chi connectivity index (χ1) is 14.0. The van der Waals surface area contributed by atoms with E-state index in [-0.39, 0.29) is 21.4 Å². The van der Waals surface area contributed by atoms with Crippen LogP contribution in [0.2, 0.25) is 10.0 Å². The Kier molecular flexibility index (Phi) is 6.28. The van der Waals surface area contributed by atoms with Crippen molar-refractivity contribution in [3.05, 3.63) is 75.8 Å². The van der Waals surface area contributed by atoms with Gasteiger partial charge in [-0.25, -0.2) is 21.8 Å². The lowest BCUT2D eigenvalue weighted by molar-refractivity contribution is 0.599. The first kappa shape index (κ1) is 22.4. The predicted molar refractivity (Wildman–Crippen MR) is 118 cm³/mol. The van der Waals surface area contributed by atoms with Crippen LogP contribution in [-0.2, 0) is 20.0 Å². The van der Waals surface area contributed by atoms with Crippen LogP contribution in [0.15, 0.2) is 64.4 Å². The molecule has 11 heteroatoms. The molecule has 0 radical (unpaired) electrons. The van der Waals surface area contributed by atoms with Gasteiger partial charge in [0.2, 0.25) is 0 Å². The van der Waals surface area contributed by atoms with E-state index in [1.54, 1.807) is 13.8 Å². The zero-order valence-corrected chi connectivity index (χ0v) is 19.0. The molecule has 158 valence electrons. The minimum absolute atomic E-state index is 0.00817. The van der Waals surface area contributed by atoms with E-state index in [1.807, 2.05) is 0 Å². The maximum Gasteiger partial charge on any atom is 0.263 e. The van der Waals surface area contributed by atoms with E-state index in [4.69, 9.17) is 23.2 Å². The predicted octanol–water partition coefficient (Wildman–Crippen LogP) is 4.61. The van der Waals surface area contributed by atoms with Gasteiger partial charge in [-0.3, -0.25) is 9.44 Å². The molecule has 0 aliphatic heterocycles. The van der Waals surface area contributed by atoms with Crippen LogP contribution in [0, 0.1) is 13.8 Å². The van der Waals surface area contributed by atoms with Crippen molar-refractivity contribution in [2.24, 2.45) is 0 Å². The second-order valence-electron chi connectivity index (χ2n) is 6.44. The Labute approximate surface area is 185 Å². The molecule has 0 aliphatic rings. The number of sulfonamides is 2. The van der Waals surface area contributed by atoms with Crippen molar-refractivity contribution < 1.29 is 16.8 Å². The van der Waals surface area contributed by atoms with Gasteiger partial charge in [-0.2, -0.15) is 0 Å². The Balaban J connectivity index is 1.85. The smallest absolute Gasteiger partial charge is 0.263 e. The van der Waals surface area contributed by atoms with Crippen molar-refractivity contribution in [2.45, 2.75) is 23.6 Å². The van der Waals surface area contributed by atoms with Crippen LogP contribution in [-0.4, -0.2) is 21.8 Å². The van der Waals surface area contributed by atoms with Gasteiger partial charge in [0.25, 0.3) is 20.0 Å². The molecule has 2 N–H and O–H groups in total. The van der Waals surface area contributed by atoms with Crippen molar-refractivity contribution in [3.8, 4) is 0 Å². The zero-order chi connectivity index (χ0) is 22.1. The Bertz CT molecular complexity index is 1230. The molecule has 0 spiro atoms. The van der Waals surface area contributed by atoms with Gasteiger partial charge in [0.1, 0.15) is 11.6 Å². The van der Waals surface area contributed by atoms with Crippen LogP contribution in [0.1, 0.15) is 11.1 Å². The molecular weight excluding hydrogens is 469 g/mol. The van der Waals surface area contributed by atoms with Crippen molar-refractivity contribution >= 4 is 54.9 Å². The Morgan fingerprint density at radius 2 is 1.10 bits per heavy atom. The lowest BCUT2D eigenvalue weighted by atomic mass is 10.2.